The monoisotopic (exact) mass is 472 g/mol. The van der Waals surface area contributed by atoms with Crippen LogP contribution in [-0.2, 0) is 26.1 Å². The number of likely N-dealkylation sites (N-methyl/N-ethyl adjacent to an activating group) is 1. The molecule has 1 fully saturated rings. The molecule has 2 aromatic rings. The van der Waals surface area contributed by atoms with E-state index in [0.717, 1.165) is 18.4 Å². The Kier molecular flexibility index (Phi) is 7.92. The molecule has 0 saturated carbocycles. The molecule has 0 bridgehead atoms. The summed E-state index contributed by atoms with van der Waals surface area (Å²) in [4.78, 5) is 26.7. The van der Waals surface area contributed by atoms with Gasteiger partial charge in [0.1, 0.15) is 0 Å². The third-order valence-corrected chi connectivity index (χ3v) is 8.26. The van der Waals surface area contributed by atoms with Crippen LogP contribution in [0.5, 0.6) is 0 Å². The average Bonchev–Trinajstić information content (AvgIpc) is 2.79. The molecule has 1 aliphatic rings. The van der Waals surface area contributed by atoms with Crippen molar-refractivity contribution in [2.45, 2.75) is 45.1 Å². The zero-order valence-corrected chi connectivity index (χ0v) is 20.5. The third kappa shape index (κ3) is 6.00. The van der Waals surface area contributed by atoms with Crippen molar-refractivity contribution in [1.29, 1.82) is 0 Å². The predicted octanol–water partition coefficient (Wildman–Crippen LogP) is 3.54. The molecule has 1 saturated heterocycles. The number of ether oxygens (including phenoxy) is 1. The summed E-state index contributed by atoms with van der Waals surface area (Å²) >= 11 is 0. The predicted molar refractivity (Wildman–Crippen MR) is 126 cm³/mol. The Balaban J connectivity index is 1.71. The van der Waals surface area contributed by atoms with Crippen molar-refractivity contribution in [3.05, 3.63) is 64.7 Å². The minimum atomic E-state index is -3.72. The number of benzene rings is 2. The molecular weight excluding hydrogens is 440 g/mol. The number of carbonyl (C=O) groups excluding carboxylic acids is 2. The van der Waals surface area contributed by atoms with E-state index in [1.54, 1.807) is 27.0 Å². The fourth-order valence-corrected chi connectivity index (χ4v) is 5.64. The van der Waals surface area contributed by atoms with Crippen LogP contribution < -0.4 is 0 Å². The van der Waals surface area contributed by atoms with Crippen LogP contribution in [0, 0.1) is 19.8 Å². The number of carbonyl (C=O) groups is 2. The number of esters is 1. The van der Waals surface area contributed by atoms with Gasteiger partial charge in [0.2, 0.25) is 10.0 Å². The Labute approximate surface area is 196 Å². The molecule has 0 atom stereocenters. The second kappa shape index (κ2) is 10.5. The maximum absolute atomic E-state index is 13.3. The number of aryl methyl sites for hydroxylation is 1. The van der Waals surface area contributed by atoms with E-state index in [1.807, 2.05) is 30.3 Å². The Morgan fingerprint density at radius 3 is 2.36 bits per heavy atom. The lowest BCUT2D eigenvalue weighted by atomic mass is 10.0. The smallest absolute Gasteiger partial charge is 0.338 e. The first kappa shape index (κ1) is 24.9. The van der Waals surface area contributed by atoms with Crippen molar-refractivity contribution >= 4 is 21.9 Å². The first-order chi connectivity index (χ1) is 15.6. The maximum Gasteiger partial charge on any atom is 0.338 e. The number of nitrogens with zero attached hydrogens (tertiary/aromatic N) is 2. The topological polar surface area (TPSA) is 84.0 Å². The van der Waals surface area contributed by atoms with Gasteiger partial charge in [0, 0.05) is 26.7 Å². The van der Waals surface area contributed by atoms with Crippen LogP contribution in [0.2, 0.25) is 0 Å². The van der Waals surface area contributed by atoms with Crippen LogP contribution in [0.1, 0.15) is 46.8 Å². The van der Waals surface area contributed by atoms with Crippen LogP contribution in [0.3, 0.4) is 0 Å². The lowest BCUT2D eigenvalue weighted by Crippen LogP contribution is -2.38. The van der Waals surface area contributed by atoms with E-state index in [1.165, 1.54) is 15.3 Å². The largest absolute Gasteiger partial charge is 0.452 e. The number of sulfonamides is 1. The zero-order chi connectivity index (χ0) is 24.2. The summed E-state index contributed by atoms with van der Waals surface area (Å²) in [5, 5.41) is 0. The van der Waals surface area contributed by atoms with Crippen LogP contribution in [0.25, 0.3) is 0 Å². The van der Waals surface area contributed by atoms with Gasteiger partial charge < -0.3 is 9.64 Å². The fraction of sp³-hybridized carbons (Fsp3) is 0.440. The molecule has 0 spiro atoms. The van der Waals surface area contributed by atoms with Gasteiger partial charge in [0.25, 0.3) is 5.91 Å². The standard InChI is InChI=1S/C25H32N2O5S/c1-18-10-12-27(13-11-18)33(30,31)23-15-22(14-19(2)20(23)3)25(29)32-17-24(28)26(4)16-21-8-6-5-7-9-21/h5-9,14-15,18H,10-13,16-17H2,1-4H3. The van der Waals surface area contributed by atoms with E-state index in [4.69, 9.17) is 4.74 Å². The van der Waals surface area contributed by atoms with Gasteiger partial charge >= 0.3 is 5.97 Å². The second-order valence-corrected chi connectivity index (χ2v) is 10.7. The molecule has 1 heterocycles. The lowest BCUT2D eigenvalue weighted by molar-refractivity contribution is -0.133. The van der Waals surface area contributed by atoms with Crippen molar-refractivity contribution in [3.8, 4) is 0 Å². The minimum Gasteiger partial charge on any atom is -0.452 e. The highest BCUT2D eigenvalue weighted by atomic mass is 32.2. The Morgan fingerprint density at radius 1 is 1.09 bits per heavy atom. The lowest BCUT2D eigenvalue weighted by Gasteiger charge is -2.30. The molecule has 7 nitrogen and oxygen atoms in total. The molecule has 1 amide bonds. The fourth-order valence-electron chi connectivity index (χ4n) is 3.84. The van der Waals surface area contributed by atoms with Gasteiger partial charge in [-0.2, -0.15) is 4.31 Å². The molecule has 2 aromatic carbocycles. The van der Waals surface area contributed by atoms with Gasteiger partial charge in [-0.1, -0.05) is 37.3 Å². The van der Waals surface area contributed by atoms with Crippen molar-refractivity contribution in [1.82, 2.24) is 9.21 Å². The Hall–Kier alpha value is -2.71. The van der Waals surface area contributed by atoms with Crippen molar-refractivity contribution in [2.75, 3.05) is 26.7 Å². The Bertz CT molecular complexity index is 1110. The number of hydrogen-bond acceptors (Lipinski definition) is 5. The highest BCUT2D eigenvalue weighted by Gasteiger charge is 2.30. The van der Waals surface area contributed by atoms with Gasteiger partial charge in [0.05, 0.1) is 10.5 Å². The molecule has 0 N–H and O–H groups in total. The van der Waals surface area contributed by atoms with Crippen LogP contribution in [0.15, 0.2) is 47.4 Å². The van der Waals surface area contributed by atoms with Crippen molar-refractivity contribution in [3.63, 3.8) is 0 Å². The van der Waals surface area contributed by atoms with E-state index in [-0.39, 0.29) is 16.4 Å². The summed E-state index contributed by atoms with van der Waals surface area (Å²) in [5.41, 5.74) is 2.39. The van der Waals surface area contributed by atoms with Gasteiger partial charge in [-0.3, -0.25) is 4.79 Å². The zero-order valence-electron chi connectivity index (χ0n) is 19.7. The van der Waals surface area contributed by atoms with Crippen LogP contribution in [0.4, 0.5) is 0 Å². The Morgan fingerprint density at radius 2 is 1.73 bits per heavy atom. The summed E-state index contributed by atoms with van der Waals surface area (Å²) in [6.45, 7) is 6.56. The molecule has 0 aliphatic carbocycles. The molecule has 8 heteroatoms. The summed E-state index contributed by atoms with van der Waals surface area (Å²) in [6, 6.07) is 12.5. The van der Waals surface area contributed by atoms with E-state index in [0.29, 0.717) is 36.7 Å². The SMILES string of the molecule is Cc1cc(C(=O)OCC(=O)N(C)Cc2ccccc2)cc(S(=O)(=O)N2CCC(C)CC2)c1C. The first-order valence-corrected chi connectivity index (χ1v) is 12.6. The molecule has 0 radical (unpaired) electrons. The highest BCUT2D eigenvalue weighted by molar-refractivity contribution is 7.89. The van der Waals surface area contributed by atoms with E-state index in [9.17, 15) is 18.0 Å². The number of amides is 1. The summed E-state index contributed by atoms with van der Waals surface area (Å²) < 4.78 is 33.3. The van der Waals surface area contributed by atoms with Crippen molar-refractivity contribution < 1.29 is 22.7 Å². The van der Waals surface area contributed by atoms with Gasteiger partial charge in [-0.05, 0) is 61.4 Å². The summed E-state index contributed by atoms with van der Waals surface area (Å²) in [7, 11) is -2.08. The van der Waals surface area contributed by atoms with E-state index < -0.39 is 22.6 Å². The molecule has 3 rings (SSSR count). The average molecular weight is 473 g/mol. The highest BCUT2D eigenvalue weighted by Crippen LogP contribution is 2.28. The van der Waals surface area contributed by atoms with Gasteiger partial charge in [-0.15, -0.1) is 0 Å². The minimum absolute atomic E-state index is 0.122. The van der Waals surface area contributed by atoms with Crippen LogP contribution >= 0.6 is 0 Å². The van der Waals surface area contributed by atoms with Crippen molar-refractivity contribution in [2.24, 2.45) is 5.92 Å². The van der Waals surface area contributed by atoms with Gasteiger partial charge in [0.15, 0.2) is 6.61 Å². The second-order valence-electron chi connectivity index (χ2n) is 8.81. The normalized spacial score (nSPS) is 15.3. The number of rotatable bonds is 7. The molecule has 1 aliphatic heterocycles. The molecular formula is C25H32N2O5S. The number of hydrogen-bond donors (Lipinski definition) is 0. The van der Waals surface area contributed by atoms with Gasteiger partial charge in [-0.25, -0.2) is 13.2 Å². The molecule has 0 aromatic heterocycles. The summed E-state index contributed by atoms with van der Waals surface area (Å²) in [5.74, 6) is -0.562. The molecule has 178 valence electrons. The number of piperidine rings is 1. The van der Waals surface area contributed by atoms with Crippen LogP contribution in [-0.4, -0.2) is 56.2 Å². The summed E-state index contributed by atoms with van der Waals surface area (Å²) in [6.07, 6.45) is 1.63. The third-order valence-electron chi connectivity index (χ3n) is 6.23. The first-order valence-electron chi connectivity index (χ1n) is 11.2. The maximum atomic E-state index is 13.3. The van der Waals surface area contributed by atoms with E-state index in [2.05, 4.69) is 6.92 Å². The molecule has 33 heavy (non-hydrogen) atoms. The molecule has 0 unspecified atom stereocenters. The quantitative estimate of drug-likeness (QED) is 0.576. The van der Waals surface area contributed by atoms with E-state index >= 15 is 0 Å².